The second-order valence-corrected chi connectivity index (χ2v) is 5.98. The SMILES string of the molecule is Cc1ccc(-c2ccc(OCCCCOCC3CO3)cc2)cc1. The number of ether oxygens (including phenoxy) is 3. The summed E-state index contributed by atoms with van der Waals surface area (Å²) in [4.78, 5) is 0. The maximum Gasteiger partial charge on any atom is 0.119 e. The molecule has 2 aromatic rings. The summed E-state index contributed by atoms with van der Waals surface area (Å²) in [7, 11) is 0. The molecule has 23 heavy (non-hydrogen) atoms. The van der Waals surface area contributed by atoms with Crippen LogP contribution in [-0.4, -0.2) is 32.5 Å². The zero-order valence-electron chi connectivity index (χ0n) is 13.7. The van der Waals surface area contributed by atoms with Crippen molar-refractivity contribution in [2.45, 2.75) is 25.9 Å². The summed E-state index contributed by atoms with van der Waals surface area (Å²) >= 11 is 0. The molecule has 0 aromatic heterocycles. The average molecular weight is 312 g/mol. The standard InChI is InChI=1S/C20H24O3/c1-16-4-6-17(7-5-16)18-8-10-19(11-9-18)22-13-3-2-12-21-14-20-15-23-20/h4-11,20H,2-3,12-15H2,1H3. The van der Waals surface area contributed by atoms with E-state index in [4.69, 9.17) is 14.2 Å². The van der Waals surface area contributed by atoms with Gasteiger partial charge < -0.3 is 14.2 Å². The van der Waals surface area contributed by atoms with E-state index >= 15 is 0 Å². The number of aryl methyl sites for hydroxylation is 1. The first-order valence-corrected chi connectivity index (χ1v) is 8.30. The Bertz CT molecular complexity index is 585. The topological polar surface area (TPSA) is 31.0 Å². The summed E-state index contributed by atoms with van der Waals surface area (Å²) in [5.41, 5.74) is 3.73. The third kappa shape index (κ3) is 5.38. The van der Waals surface area contributed by atoms with Crippen LogP contribution in [0, 0.1) is 6.92 Å². The zero-order valence-corrected chi connectivity index (χ0v) is 13.7. The van der Waals surface area contributed by atoms with Gasteiger partial charge in [0.15, 0.2) is 0 Å². The van der Waals surface area contributed by atoms with Crippen LogP contribution < -0.4 is 4.74 Å². The molecule has 0 amide bonds. The minimum atomic E-state index is 0.360. The summed E-state index contributed by atoms with van der Waals surface area (Å²) in [6, 6.07) is 16.9. The zero-order chi connectivity index (χ0) is 15.9. The Morgan fingerprint density at radius 2 is 1.52 bits per heavy atom. The maximum atomic E-state index is 5.78. The summed E-state index contributed by atoms with van der Waals surface area (Å²) in [5, 5.41) is 0. The van der Waals surface area contributed by atoms with Crippen molar-refractivity contribution in [2.24, 2.45) is 0 Å². The van der Waals surface area contributed by atoms with Gasteiger partial charge in [-0.15, -0.1) is 0 Å². The highest BCUT2D eigenvalue weighted by atomic mass is 16.6. The van der Waals surface area contributed by atoms with E-state index in [-0.39, 0.29) is 0 Å². The van der Waals surface area contributed by atoms with E-state index in [9.17, 15) is 0 Å². The molecule has 1 saturated heterocycles. The van der Waals surface area contributed by atoms with Gasteiger partial charge in [0.25, 0.3) is 0 Å². The monoisotopic (exact) mass is 312 g/mol. The average Bonchev–Trinajstić information content (AvgIpc) is 3.40. The number of epoxide rings is 1. The highest BCUT2D eigenvalue weighted by Crippen LogP contribution is 2.22. The van der Waals surface area contributed by atoms with Crippen LogP contribution in [0.3, 0.4) is 0 Å². The first-order valence-electron chi connectivity index (χ1n) is 8.30. The molecule has 3 heteroatoms. The fraction of sp³-hybridized carbons (Fsp3) is 0.400. The Hall–Kier alpha value is -1.84. The van der Waals surface area contributed by atoms with Crippen LogP contribution in [0.1, 0.15) is 18.4 Å². The van der Waals surface area contributed by atoms with Gasteiger partial charge in [-0.25, -0.2) is 0 Å². The van der Waals surface area contributed by atoms with Crippen LogP contribution in [-0.2, 0) is 9.47 Å². The van der Waals surface area contributed by atoms with Crippen molar-refractivity contribution in [3.63, 3.8) is 0 Å². The molecule has 0 bridgehead atoms. The minimum absolute atomic E-state index is 0.360. The predicted molar refractivity (Wildman–Crippen MR) is 91.9 cm³/mol. The van der Waals surface area contributed by atoms with Gasteiger partial charge in [-0.05, 0) is 43.0 Å². The van der Waals surface area contributed by atoms with E-state index in [1.807, 2.05) is 12.1 Å². The van der Waals surface area contributed by atoms with Crippen molar-refractivity contribution in [1.82, 2.24) is 0 Å². The minimum Gasteiger partial charge on any atom is -0.494 e. The van der Waals surface area contributed by atoms with E-state index < -0.39 is 0 Å². The van der Waals surface area contributed by atoms with Crippen molar-refractivity contribution in [1.29, 1.82) is 0 Å². The highest BCUT2D eigenvalue weighted by Gasteiger charge is 2.21. The molecular weight excluding hydrogens is 288 g/mol. The van der Waals surface area contributed by atoms with Gasteiger partial charge in [-0.2, -0.15) is 0 Å². The van der Waals surface area contributed by atoms with Crippen LogP contribution in [0.4, 0.5) is 0 Å². The van der Waals surface area contributed by atoms with Crippen LogP contribution in [0.25, 0.3) is 11.1 Å². The van der Waals surface area contributed by atoms with E-state index in [1.165, 1.54) is 16.7 Å². The lowest BCUT2D eigenvalue weighted by Gasteiger charge is -2.08. The largest absolute Gasteiger partial charge is 0.494 e. The fourth-order valence-electron chi connectivity index (χ4n) is 2.36. The van der Waals surface area contributed by atoms with E-state index in [1.54, 1.807) is 0 Å². The van der Waals surface area contributed by atoms with Crippen molar-refractivity contribution in [3.8, 4) is 16.9 Å². The molecule has 3 nitrogen and oxygen atoms in total. The Morgan fingerprint density at radius 3 is 2.17 bits per heavy atom. The lowest BCUT2D eigenvalue weighted by atomic mass is 10.0. The molecule has 0 saturated carbocycles. The molecule has 1 heterocycles. The third-order valence-electron chi connectivity index (χ3n) is 3.90. The first kappa shape index (κ1) is 16.0. The van der Waals surface area contributed by atoms with Gasteiger partial charge in [0.1, 0.15) is 11.9 Å². The molecule has 1 unspecified atom stereocenters. The van der Waals surface area contributed by atoms with Crippen molar-refractivity contribution < 1.29 is 14.2 Å². The molecule has 0 aliphatic carbocycles. The maximum absolute atomic E-state index is 5.78. The van der Waals surface area contributed by atoms with E-state index in [2.05, 4.69) is 43.3 Å². The van der Waals surface area contributed by atoms with Crippen LogP contribution in [0.5, 0.6) is 5.75 Å². The Kier molecular flexibility index (Phi) is 5.67. The van der Waals surface area contributed by atoms with E-state index in [0.717, 1.165) is 45.0 Å². The molecule has 1 atom stereocenters. The molecule has 1 aliphatic heterocycles. The molecule has 1 fully saturated rings. The summed E-state index contributed by atoms with van der Waals surface area (Å²) in [6.45, 7) is 5.22. The molecule has 0 spiro atoms. The summed E-state index contributed by atoms with van der Waals surface area (Å²) < 4.78 is 16.4. The molecule has 0 radical (unpaired) electrons. The first-order chi connectivity index (χ1) is 11.3. The second kappa shape index (κ2) is 8.14. The van der Waals surface area contributed by atoms with Gasteiger partial charge >= 0.3 is 0 Å². The molecule has 1 aliphatic rings. The number of benzene rings is 2. The third-order valence-corrected chi connectivity index (χ3v) is 3.90. The quantitative estimate of drug-likeness (QED) is 0.513. The van der Waals surface area contributed by atoms with Crippen LogP contribution in [0.15, 0.2) is 48.5 Å². The number of hydrogen-bond donors (Lipinski definition) is 0. The molecule has 122 valence electrons. The molecule has 2 aromatic carbocycles. The summed E-state index contributed by atoms with van der Waals surface area (Å²) in [5.74, 6) is 0.924. The lowest BCUT2D eigenvalue weighted by molar-refractivity contribution is 0.110. The number of unbranched alkanes of at least 4 members (excludes halogenated alkanes) is 1. The van der Waals surface area contributed by atoms with Gasteiger partial charge in [0, 0.05) is 6.61 Å². The Balaban J connectivity index is 1.36. The summed E-state index contributed by atoms with van der Waals surface area (Å²) in [6.07, 6.45) is 2.39. The van der Waals surface area contributed by atoms with Gasteiger partial charge in [-0.3, -0.25) is 0 Å². The number of hydrogen-bond acceptors (Lipinski definition) is 3. The van der Waals surface area contributed by atoms with Gasteiger partial charge in [0.05, 0.1) is 19.8 Å². The van der Waals surface area contributed by atoms with Crippen molar-refractivity contribution in [2.75, 3.05) is 26.4 Å². The lowest BCUT2D eigenvalue weighted by Crippen LogP contribution is -2.04. The van der Waals surface area contributed by atoms with Crippen molar-refractivity contribution in [3.05, 3.63) is 54.1 Å². The molecule has 0 N–H and O–H groups in total. The smallest absolute Gasteiger partial charge is 0.119 e. The Labute approximate surface area is 138 Å². The van der Waals surface area contributed by atoms with Gasteiger partial charge in [0.2, 0.25) is 0 Å². The fourth-order valence-corrected chi connectivity index (χ4v) is 2.36. The van der Waals surface area contributed by atoms with E-state index in [0.29, 0.717) is 6.10 Å². The molecular formula is C20H24O3. The second-order valence-electron chi connectivity index (χ2n) is 5.98. The predicted octanol–water partition coefficient (Wildman–Crippen LogP) is 4.24. The van der Waals surface area contributed by atoms with Crippen LogP contribution >= 0.6 is 0 Å². The Morgan fingerprint density at radius 1 is 0.913 bits per heavy atom. The molecule has 3 rings (SSSR count). The van der Waals surface area contributed by atoms with Crippen LogP contribution in [0.2, 0.25) is 0 Å². The van der Waals surface area contributed by atoms with Crippen molar-refractivity contribution >= 4 is 0 Å². The number of rotatable bonds is 9. The highest BCUT2D eigenvalue weighted by molar-refractivity contribution is 5.64. The normalized spacial score (nSPS) is 16.3. The van der Waals surface area contributed by atoms with Gasteiger partial charge in [-0.1, -0.05) is 42.0 Å².